The maximum Gasteiger partial charge on any atom is 0.138 e. The van der Waals surface area contributed by atoms with E-state index in [9.17, 15) is 0 Å². The van der Waals surface area contributed by atoms with Gasteiger partial charge in [-0.3, -0.25) is 0 Å². The molecule has 0 saturated heterocycles. The van der Waals surface area contributed by atoms with Crippen LogP contribution in [-0.2, 0) is 0 Å². The molecule has 84 valence electrons. The second kappa shape index (κ2) is 5.86. The highest BCUT2D eigenvalue weighted by Crippen LogP contribution is 2.23. The molecule has 0 saturated carbocycles. The van der Waals surface area contributed by atoms with Crippen molar-refractivity contribution in [3.8, 4) is 0 Å². The van der Waals surface area contributed by atoms with Crippen molar-refractivity contribution in [2.24, 2.45) is 0 Å². The minimum atomic E-state index is 0.917. The van der Waals surface area contributed by atoms with E-state index >= 15 is 0 Å². The summed E-state index contributed by atoms with van der Waals surface area (Å²) in [7, 11) is 0. The smallest absolute Gasteiger partial charge is 0.138 e. The molecular formula is C11H13N3S2. The van der Waals surface area contributed by atoms with Crippen LogP contribution in [0, 0.1) is 0 Å². The molecule has 0 aliphatic rings. The average Bonchev–Trinajstić information content (AvgIpc) is 2.77. The van der Waals surface area contributed by atoms with Crippen LogP contribution in [0.25, 0.3) is 10.2 Å². The molecule has 2 rings (SSSR count). The van der Waals surface area contributed by atoms with Gasteiger partial charge in [0.1, 0.15) is 17.0 Å². The highest BCUT2D eigenvalue weighted by molar-refractivity contribution is 7.99. The van der Waals surface area contributed by atoms with Crippen LogP contribution in [0.3, 0.4) is 0 Å². The van der Waals surface area contributed by atoms with Crippen molar-refractivity contribution in [1.29, 1.82) is 0 Å². The van der Waals surface area contributed by atoms with Gasteiger partial charge < -0.3 is 5.32 Å². The molecule has 0 amide bonds. The van der Waals surface area contributed by atoms with Crippen LogP contribution < -0.4 is 5.32 Å². The van der Waals surface area contributed by atoms with Crippen molar-refractivity contribution in [2.75, 3.05) is 23.4 Å². The summed E-state index contributed by atoms with van der Waals surface area (Å²) in [4.78, 5) is 9.50. The summed E-state index contributed by atoms with van der Waals surface area (Å²) in [6.45, 7) is 4.61. The van der Waals surface area contributed by atoms with E-state index in [-0.39, 0.29) is 0 Å². The van der Waals surface area contributed by atoms with Gasteiger partial charge in [0.05, 0.1) is 5.39 Å². The summed E-state index contributed by atoms with van der Waals surface area (Å²) in [6.07, 6.45) is 3.53. The van der Waals surface area contributed by atoms with E-state index < -0.39 is 0 Å². The summed E-state index contributed by atoms with van der Waals surface area (Å²) < 4.78 is 0. The molecule has 0 aliphatic heterocycles. The van der Waals surface area contributed by atoms with E-state index in [0.29, 0.717) is 0 Å². The predicted octanol–water partition coefficient (Wildman–Crippen LogP) is 3.02. The summed E-state index contributed by atoms with van der Waals surface area (Å²) in [5.41, 5.74) is 0. The van der Waals surface area contributed by atoms with Crippen molar-refractivity contribution >= 4 is 39.1 Å². The van der Waals surface area contributed by atoms with Crippen molar-refractivity contribution in [3.05, 3.63) is 30.4 Å². The fourth-order valence-electron chi connectivity index (χ4n) is 1.34. The first-order chi connectivity index (χ1) is 7.92. The standard InChI is InChI=1S/C11H13N3S2/c1-2-5-15-7-4-12-10-9-3-6-16-11(9)14-8-13-10/h2-3,6,8H,1,4-5,7H2,(H,12,13,14). The first-order valence-corrected chi connectivity index (χ1v) is 7.06. The Hall–Kier alpha value is -1.07. The van der Waals surface area contributed by atoms with Gasteiger partial charge in [0, 0.05) is 18.1 Å². The number of hydrogen-bond donors (Lipinski definition) is 1. The number of anilines is 1. The largest absolute Gasteiger partial charge is 0.369 e. The van der Waals surface area contributed by atoms with Crippen LogP contribution in [0.15, 0.2) is 30.4 Å². The Morgan fingerprint density at radius 1 is 1.50 bits per heavy atom. The highest BCUT2D eigenvalue weighted by Gasteiger charge is 2.02. The average molecular weight is 251 g/mol. The molecule has 2 heterocycles. The third-order valence-electron chi connectivity index (χ3n) is 2.04. The lowest BCUT2D eigenvalue weighted by atomic mass is 10.4. The number of nitrogens with zero attached hydrogens (tertiary/aromatic N) is 2. The minimum absolute atomic E-state index is 0.917. The van der Waals surface area contributed by atoms with E-state index in [4.69, 9.17) is 0 Å². The van der Waals surface area contributed by atoms with Crippen LogP contribution >= 0.6 is 23.1 Å². The number of nitrogens with one attached hydrogen (secondary N) is 1. The number of hydrogen-bond acceptors (Lipinski definition) is 5. The monoisotopic (exact) mass is 251 g/mol. The first kappa shape index (κ1) is 11.4. The van der Waals surface area contributed by atoms with Crippen molar-refractivity contribution < 1.29 is 0 Å². The fourth-order valence-corrected chi connectivity index (χ4v) is 2.65. The molecule has 1 N–H and O–H groups in total. The normalized spacial score (nSPS) is 10.5. The van der Waals surface area contributed by atoms with Crippen LogP contribution in [0.1, 0.15) is 0 Å². The lowest BCUT2D eigenvalue weighted by Crippen LogP contribution is -2.06. The SMILES string of the molecule is C=CCSCCNc1ncnc2sccc12. The molecule has 3 nitrogen and oxygen atoms in total. The molecule has 0 fully saturated rings. The summed E-state index contributed by atoms with van der Waals surface area (Å²) >= 11 is 3.50. The number of rotatable bonds is 6. The highest BCUT2D eigenvalue weighted by atomic mass is 32.2. The van der Waals surface area contributed by atoms with Crippen LogP contribution in [-0.4, -0.2) is 28.0 Å². The van der Waals surface area contributed by atoms with Crippen LogP contribution in [0.5, 0.6) is 0 Å². The number of thioether (sulfide) groups is 1. The quantitative estimate of drug-likeness (QED) is 0.632. The minimum Gasteiger partial charge on any atom is -0.369 e. The third kappa shape index (κ3) is 2.74. The van der Waals surface area contributed by atoms with Gasteiger partial charge in [-0.1, -0.05) is 6.08 Å². The Morgan fingerprint density at radius 2 is 2.44 bits per heavy atom. The van der Waals surface area contributed by atoms with E-state index in [1.54, 1.807) is 17.7 Å². The maximum absolute atomic E-state index is 4.25. The van der Waals surface area contributed by atoms with Gasteiger partial charge >= 0.3 is 0 Å². The summed E-state index contributed by atoms with van der Waals surface area (Å²) in [5.74, 6) is 2.99. The molecule has 0 aliphatic carbocycles. The predicted molar refractivity (Wildman–Crippen MR) is 73.4 cm³/mol. The lowest BCUT2D eigenvalue weighted by Gasteiger charge is -2.05. The lowest BCUT2D eigenvalue weighted by molar-refractivity contribution is 1.15. The summed E-state index contributed by atoms with van der Waals surface area (Å²) in [6, 6.07) is 2.05. The van der Waals surface area contributed by atoms with Gasteiger partial charge in [-0.2, -0.15) is 11.8 Å². The zero-order valence-electron chi connectivity index (χ0n) is 8.85. The molecule has 2 aromatic rings. The van der Waals surface area contributed by atoms with Crippen molar-refractivity contribution in [1.82, 2.24) is 9.97 Å². The Kier molecular flexibility index (Phi) is 4.18. The Labute approximate surface area is 103 Å². The second-order valence-corrected chi connectivity index (χ2v) is 5.20. The van der Waals surface area contributed by atoms with Crippen LogP contribution in [0.4, 0.5) is 5.82 Å². The first-order valence-electron chi connectivity index (χ1n) is 5.02. The molecule has 0 bridgehead atoms. The molecule has 0 spiro atoms. The molecular weight excluding hydrogens is 238 g/mol. The van der Waals surface area contributed by atoms with Gasteiger partial charge in [0.15, 0.2) is 0 Å². The molecule has 16 heavy (non-hydrogen) atoms. The zero-order chi connectivity index (χ0) is 11.2. The van der Waals surface area contributed by atoms with Crippen molar-refractivity contribution in [3.63, 3.8) is 0 Å². The number of aromatic nitrogens is 2. The van der Waals surface area contributed by atoms with E-state index in [1.807, 2.05) is 23.2 Å². The Morgan fingerprint density at radius 3 is 3.31 bits per heavy atom. The van der Waals surface area contributed by atoms with Crippen LogP contribution in [0.2, 0.25) is 0 Å². The Balaban J connectivity index is 1.93. The molecule has 0 atom stereocenters. The molecule has 0 aromatic carbocycles. The summed E-state index contributed by atoms with van der Waals surface area (Å²) in [5, 5.41) is 6.48. The number of thiophene rings is 1. The molecule has 5 heteroatoms. The Bertz CT molecular complexity index is 467. The van der Waals surface area contributed by atoms with Gasteiger partial charge in [0.25, 0.3) is 0 Å². The van der Waals surface area contributed by atoms with E-state index in [1.165, 1.54) is 0 Å². The van der Waals surface area contributed by atoms with Gasteiger partial charge in [-0.25, -0.2) is 9.97 Å². The fraction of sp³-hybridized carbons (Fsp3) is 0.273. The van der Waals surface area contributed by atoms with E-state index in [2.05, 4.69) is 27.9 Å². The number of fused-ring (bicyclic) bond motifs is 1. The van der Waals surface area contributed by atoms with E-state index in [0.717, 1.165) is 34.1 Å². The van der Waals surface area contributed by atoms with Gasteiger partial charge in [-0.05, 0) is 11.4 Å². The van der Waals surface area contributed by atoms with Gasteiger partial charge in [-0.15, -0.1) is 17.9 Å². The second-order valence-electron chi connectivity index (χ2n) is 3.15. The molecule has 0 unspecified atom stereocenters. The zero-order valence-corrected chi connectivity index (χ0v) is 10.5. The molecule has 2 aromatic heterocycles. The van der Waals surface area contributed by atoms with Gasteiger partial charge in [0.2, 0.25) is 0 Å². The third-order valence-corrected chi connectivity index (χ3v) is 3.82. The topological polar surface area (TPSA) is 37.8 Å². The van der Waals surface area contributed by atoms with Crippen molar-refractivity contribution in [2.45, 2.75) is 0 Å². The molecule has 0 radical (unpaired) electrons. The maximum atomic E-state index is 4.25.